The maximum absolute atomic E-state index is 12.9. The number of aromatic nitrogens is 1. The minimum absolute atomic E-state index is 0.0105. The summed E-state index contributed by atoms with van der Waals surface area (Å²) in [4.78, 5) is 30.6. The molecule has 29 heavy (non-hydrogen) atoms. The number of para-hydroxylation sites is 1. The molecule has 2 N–H and O–H groups in total. The summed E-state index contributed by atoms with van der Waals surface area (Å²) in [5, 5.41) is 4.02. The van der Waals surface area contributed by atoms with Gasteiger partial charge >= 0.3 is 0 Å². The molecule has 3 aromatic rings. The highest BCUT2D eigenvalue weighted by Gasteiger charge is 2.31. The Morgan fingerprint density at radius 1 is 1.24 bits per heavy atom. The van der Waals surface area contributed by atoms with Gasteiger partial charge in [-0.25, -0.2) is 0 Å². The average molecular weight is 389 g/mol. The third-order valence-electron chi connectivity index (χ3n) is 6.09. The molecule has 5 rings (SSSR count). The highest BCUT2D eigenvalue weighted by molar-refractivity contribution is 6.03. The lowest BCUT2D eigenvalue weighted by Crippen LogP contribution is -2.36. The van der Waals surface area contributed by atoms with E-state index >= 15 is 0 Å². The number of fused-ring (bicyclic) bond motifs is 4. The fourth-order valence-electron chi connectivity index (χ4n) is 4.52. The summed E-state index contributed by atoms with van der Waals surface area (Å²) in [5.74, 6) is 0.662. The molecule has 3 heterocycles. The monoisotopic (exact) mass is 389 g/mol. The molecule has 6 nitrogen and oxygen atoms in total. The number of hydrogen-bond donors (Lipinski definition) is 2. The van der Waals surface area contributed by atoms with E-state index < -0.39 is 0 Å². The molecule has 2 aliphatic heterocycles. The molecule has 1 atom stereocenters. The Morgan fingerprint density at radius 2 is 2.10 bits per heavy atom. The highest BCUT2D eigenvalue weighted by atomic mass is 16.5. The average Bonchev–Trinajstić information content (AvgIpc) is 3.27. The molecular formula is C23H23N3O3. The second kappa shape index (κ2) is 6.95. The van der Waals surface area contributed by atoms with E-state index in [1.54, 1.807) is 7.11 Å². The SMILES string of the molecule is COc1ccc2[nH]c3c(c2c1)CN(C(=O)CCC1C(=O)Nc2ccccc21)CC3. The Balaban J connectivity index is 1.30. The third kappa shape index (κ3) is 3.05. The van der Waals surface area contributed by atoms with Crippen LogP contribution >= 0.6 is 0 Å². The first-order valence-corrected chi connectivity index (χ1v) is 9.99. The zero-order chi connectivity index (χ0) is 20.0. The number of carbonyl (C=O) groups is 2. The number of rotatable bonds is 4. The molecule has 1 unspecified atom stereocenters. The first-order chi connectivity index (χ1) is 14.1. The van der Waals surface area contributed by atoms with Crippen molar-refractivity contribution in [3.63, 3.8) is 0 Å². The molecule has 0 saturated heterocycles. The van der Waals surface area contributed by atoms with Gasteiger partial charge in [0.15, 0.2) is 0 Å². The van der Waals surface area contributed by atoms with Crippen LogP contribution in [0.3, 0.4) is 0 Å². The van der Waals surface area contributed by atoms with Crippen LogP contribution in [0.15, 0.2) is 42.5 Å². The standard InChI is InChI=1S/C23H23N3O3/c1-29-14-6-8-20-17(12-14)18-13-26(11-10-21(18)24-20)22(27)9-7-16-15-4-2-3-5-19(15)25-23(16)28/h2-6,8,12,16,24H,7,9-11,13H2,1H3,(H,25,28). The Bertz CT molecular complexity index is 1120. The summed E-state index contributed by atoms with van der Waals surface area (Å²) in [5.41, 5.74) is 5.30. The first-order valence-electron chi connectivity index (χ1n) is 9.99. The van der Waals surface area contributed by atoms with Crippen molar-refractivity contribution < 1.29 is 14.3 Å². The molecule has 0 bridgehead atoms. The van der Waals surface area contributed by atoms with Gasteiger partial charge in [0.25, 0.3) is 0 Å². The number of carbonyl (C=O) groups excluding carboxylic acids is 2. The van der Waals surface area contributed by atoms with Crippen molar-refractivity contribution in [2.45, 2.75) is 31.7 Å². The summed E-state index contributed by atoms with van der Waals surface area (Å²) in [6, 6.07) is 13.7. The van der Waals surface area contributed by atoms with Gasteiger partial charge in [-0.3, -0.25) is 9.59 Å². The fourth-order valence-corrected chi connectivity index (χ4v) is 4.52. The van der Waals surface area contributed by atoms with Crippen LogP contribution in [0.5, 0.6) is 5.75 Å². The Kier molecular flexibility index (Phi) is 4.27. The van der Waals surface area contributed by atoms with Gasteiger partial charge in [-0.05, 0) is 36.2 Å². The zero-order valence-corrected chi connectivity index (χ0v) is 16.3. The molecule has 0 saturated carbocycles. The summed E-state index contributed by atoms with van der Waals surface area (Å²) in [6.45, 7) is 1.29. The van der Waals surface area contributed by atoms with Crippen molar-refractivity contribution in [2.75, 3.05) is 19.0 Å². The number of nitrogens with one attached hydrogen (secondary N) is 2. The second-order valence-corrected chi connectivity index (χ2v) is 7.73. The van der Waals surface area contributed by atoms with Gasteiger partial charge in [-0.15, -0.1) is 0 Å². The highest BCUT2D eigenvalue weighted by Crippen LogP contribution is 2.36. The van der Waals surface area contributed by atoms with E-state index in [0.29, 0.717) is 25.9 Å². The fraction of sp³-hybridized carbons (Fsp3) is 0.304. The van der Waals surface area contributed by atoms with Crippen LogP contribution in [0.4, 0.5) is 5.69 Å². The van der Waals surface area contributed by atoms with Gasteiger partial charge < -0.3 is 19.9 Å². The van der Waals surface area contributed by atoms with Gasteiger partial charge in [0.05, 0.1) is 13.0 Å². The molecule has 0 radical (unpaired) electrons. The molecule has 0 aliphatic carbocycles. The molecule has 6 heteroatoms. The first kappa shape index (κ1) is 17.8. The van der Waals surface area contributed by atoms with Gasteiger partial charge in [-0.2, -0.15) is 0 Å². The van der Waals surface area contributed by atoms with Gasteiger partial charge in [0, 0.05) is 53.8 Å². The normalized spacial score (nSPS) is 17.8. The van der Waals surface area contributed by atoms with Crippen molar-refractivity contribution in [2.24, 2.45) is 0 Å². The predicted octanol–water partition coefficient (Wildman–Crippen LogP) is 3.58. The van der Waals surface area contributed by atoms with E-state index in [9.17, 15) is 9.59 Å². The molecular weight excluding hydrogens is 366 g/mol. The van der Waals surface area contributed by atoms with E-state index in [-0.39, 0.29) is 17.7 Å². The van der Waals surface area contributed by atoms with Crippen molar-refractivity contribution in [1.29, 1.82) is 0 Å². The molecule has 2 aromatic carbocycles. The summed E-state index contributed by atoms with van der Waals surface area (Å²) >= 11 is 0. The zero-order valence-electron chi connectivity index (χ0n) is 16.3. The van der Waals surface area contributed by atoms with Crippen LogP contribution in [-0.2, 0) is 22.6 Å². The number of aromatic amines is 1. The van der Waals surface area contributed by atoms with Crippen molar-refractivity contribution >= 4 is 28.4 Å². The van der Waals surface area contributed by atoms with Crippen LogP contribution in [0.2, 0.25) is 0 Å². The maximum atomic E-state index is 12.9. The molecule has 2 aliphatic rings. The second-order valence-electron chi connectivity index (χ2n) is 7.73. The maximum Gasteiger partial charge on any atom is 0.232 e. The molecule has 0 spiro atoms. The number of hydrogen-bond acceptors (Lipinski definition) is 3. The number of H-pyrrole nitrogens is 1. The molecule has 0 fully saturated rings. The lowest BCUT2D eigenvalue weighted by Gasteiger charge is -2.27. The smallest absolute Gasteiger partial charge is 0.232 e. The van der Waals surface area contributed by atoms with Gasteiger partial charge in [-0.1, -0.05) is 18.2 Å². The topological polar surface area (TPSA) is 74.4 Å². The van der Waals surface area contributed by atoms with E-state index in [4.69, 9.17) is 4.74 Å². The number of ether oxygens (including phenoxy) is 1. The van der Waals surface area contributed by atoms with Crippen LogP contribution < -0.4 is 10.1 Å². The summed E-state index contributed by atoms with van der Waals surface area (Å²) < 4.78 is 5.36. The number of methoxy groups -OCH3 is 1. The number of amides is 2. The lowest BCUT2D eigenvalue weighted by molar-refractivity contribution is -0.132. The Morgan fingerprint density at radius 3 is 2.97 bits per heavy atom. The van der Waals surface area contributed by atoms with Gasteiger partial charge in [0.1, 0.15) is 5.75 Å². The van der Waals surface area contributed by atoms with Crippen molar-refractivity contribution in [3.05, 3.63) is 59.3 Å². The van der Waals surface area contributed by atoms with E-state index in [1.165, 1.54) is 11.3 Å². The van der Waals surface area contributed by atoms with Gasteiger partial charge in [0.2, 0.25) is 11.8 Å². The minimum Gasteiger partial charge on any atom is -0.497 e. The third-order valence-corrected chi connectivity index (χ3v) is 6.09. The van der Waals surface area contributed by atoms with E-state index in [1.807, 2.05) is 47.4 Å². The number of nitrogens with zero attached hydrogens (tertiary/aromatic N) is 1. The predicted molar refractivity (Wildman–Crippen MR) is 111 cm³/mol. The van der Waals surface area contributed by atoms with Crippen molar-refractivity contribution in [3.8, 4) is 5.75 Å². The quantitative estimate of drug-likeness (QED) is 0.716. The Labute approximate surface area is 168 Å². The molecule has 2 amide bonds. The van der Waals surface area contributed by atoms with Crippen LogP contribution in [0.1, 0.15) is 35.6 Å². The summed E-state index contributed by atoms with van der Waals surface area (Å²) in [7, 11) is 1.66. The van der Waals surface area contributed by atoms with Crippen LogP contribution in [-0.4, -0.2) is 35.4 Å². The van der Waals surface area contributed by atoms with E-state index in [0.717, 1.165) is 34.3 Å². The van der Waals surface area contributed by atoms with Crippen molar-refractivity contribution in [1.82, 2.24) is 9.88 Å². The number of anilines is 1. The van der Waals surface area contributed by atoms with Crippen LogP contribution in [0, 0.1) is 0 Å². The van der Waals surface area contributed by atoms with E-state index in [2.05, 4.69) is 10.3 Å². The number of benzene rings is 2. The molecule has 1 aromatic heterocycles. The minimum atomic E-state index is -0.243. The lowest BCUT2D eigenvalue weighted by atomic mass is 9.95. The largest absolute Gasteiger partial charge is 0.497 e. The molecule has 148 valence electrons. The summed E-state index contributed by atoms with van der Waals surface area (Å²) in [6.07, 6.45) is 1.71. The Hall–Kier alpha value is -3.28. The van der Waals surface area contributed by atoms with Crippen LogP contribution in [0.25, 0.3) is 10.9 Å².